The van der Waals surface area contributed by atoms with Crippen LogP contribution in [0.4, 0.5) is 0 Å². The van der Waals surface area contributed by atoms with Crippen LogP contribution in [0.3, 0.4) is 0 Å². The summed E-state index contributed by atoms with van der Waals surface area (Å²) in [4.78, 5) is 12.8. The van der Waals surface area contributed by atoms with E-state index in [-0.39, 0.29) is 6.10 Å². The van der Waals surface area contributed by atoms with Crippen molar-refractivity contribution in [3.05, 3.63) is 60.2 Å². The van der Waals surface area contributed by atoms with Gasteiger partial charge in [0.25, 0.3) is 0 Å². The molecule has 0 aliphatic heterocycles. The van der Waals surface area contributed by atoms with Gasteiger partial charge in [-0.25, -0.2) is 4.79 Å². The minimum atomic E-state index is -4.41. The third kappa shape index (κ3) is 4.63. The highest BCUT2D eigenvalue weighted by atomic mass is 32.2. The molecule has 0 atom stereocenters. The molecule has 0 saturated heterocycles. The van der Waals surface area contributed by atoms with Crippen LogP contribution >= 0.6 is 0 Å². The molecule has 8 heteroatoms. The van der Waals surface area contributed by atoms with Gasteiger partial charge in [-0.1, -0.05) is 30.3 Å². The maximum Gasteiger partial charge on any atom is 0.382 e. The van der Waals surface area contributed by atoms with Gasteiger partial charge in [0.05, 0.1) is 18.6 Å². The molecule has 2 aromatic carbocycles. The van der Waals surface area contributed by atoms with Crippen molar-refractivity contribution >= 4 is 16.3 Å². The van der Waals surface area contributed by atoms with Gasteiger partial charge in [0.15, 0.2) is 0 Å². The van der Waals surface area contributed by atoms with Crippen LogP contribution in [-0.4, -0.2) is 27.6 Å². The van der Waals surface area contributed by atoms with Gasteiger partial charge in [-0.3, -0.25) is 0 Å². The highest BCUT2D eigenvalue weighted by molar-refractivity contribution is 7.84. The molecule has 0 spiro atoms. The number of para-hydroxylation sites is 1. The van der Waals surface area contributed by atoms with Gasteiger partial charge in [0.1, 0.15) is 11.5 Å². The number of carbonyl (C=O) groups excluding carboxylic acids is 1. The van der Waals surface area contributed by atoms with E-state index in [4.69, 9.17) is 14.6 Å². The van der Waals surface area contributed by atoms with Crippen LogP contribution in [0.2, 0.25) is 0 Å². The summed E-state index contributed by atoms with van der Waals surface area (Å²) in [6.45, 7) is 0. The molecule has 7 nitrogen and oxygen atoms in total. The first kappa shape index (κ1) is 20.2. The molecule has 1 aliphatic rings. The second-order valence-electron chi connectivity index (χ2n) is 6.81. The smallest absolute Gasteiger partial charge is 0.382 e. The number of methoxy groups -OCH3 is 1. The molecule has 2 aromatic rings. The Bertz CT molecular complexity index is 921. The summed E-state index contributed by atoms with van der Waals surface area (Å²) in [5.74, 6) is 0.456. The fourth-order valence-electron chi connectivity index (χ4n) is 3.61. The largest absolute Gasteiger partial charge is 0.497 e. The second-order valence-corrected chi connectivity index (χ2v) is 7.96. The third-order valence-corrected chi connectivity index (χ3v) is 5.42. The second kappa shape index (κ2) is 8.20. The van der Waals surface area contributed by atoms with Crippen molar-refractivity contribution in [2.45, 2.75) is 37.2 Å². The highest BCUT2D eigenvalue weighted by Gasteiger charge is 2.46. The molecule has 0 heterocycles. The topological polar surface area (TPSA) is 105 Å². The first-order chi connectivity index (χ1) is 13.3. The van der Waals surface area contributed by atoms with Gasteiger partial charge < -0.3 is 13.7 Å². The van der Waals surface area contributed by atoms with Gasteiger partial charge in [-0.15, -0.1) is 0 Å². The third-order valence-electron chi connectivity index (χ3n) is 5.04. The average molecular weight is 405 g/mol. The minimum Gasteiger partial charge on any atom is -0.497 e. The fourth-order valence-corrected chi connectivity index (χ4v) is 3.98. The van der Waals surface area contributed by atoms with Crippen LogP contribution in [-0.2, 0) is 24.7 Å². The molecular formula is C20H23NO6S. The Hall–Kier alpha value is -2.58. The van der Waals surface area contributed by atoms with Crippen molar-refractivity contribution in [2.24, 2.45) is 5.14 Å². The molecule has 1 fully saturated rings. The van der Waals surface area contributed by atoms with Crippen molar-refractivity contribution in [3.63, 3.8) is 0 Å². The van der Waals surface area contributed by atoms with Crippen LogP contribution in [0.25, 0.3) is 0 Å². The summed E-state index contributed by atoms with van der Waals surface area (Å²) in [7, 11) is -2.88. The van der Waals surface area contributed by atoms with E-state index in [0.29, 0.717) is 37.0 Å². The van der Waals surface area contributed by atoms with Crippen molar-refractivity contribution in [2.75, 3.05) is 7.11 Å². The van der Waals surface area contributed by atoms with Crippen LogP contribution in [0.1, 0.15) is 31.2 Å². The van der Waals surface area contributed by atoms with E-state index in [1.54, 1.807) is 24.3 Å². The summed E-state index contributed by atoms with van der Waals surface area (Å²) in [5.41, 5.74) is -0.490. The molecule has 0 aromatic heterocycles. The maximum absolute atomic E-state index is 12.8. The SMILES string of the molecule is COc1cccc(C2(C(=O)OS(N)(=O)=O)CCC(Oc3ccccc3)CC2)c1. The zero-order valence-electron chi connectivity index (χ0n) is 15.5. The van der Waals surface area contributed by atoms with Gasteiger partial charge in [0.2, 0.25) is 0 Å². The number of nitrogens with two attached hydrogens (primary N) is 1. The minimum absolute atomic E-state index is 0.0802. The zero-order valence-corrected chi connectivity index (χ0v) is 16.4. The Labute approximate surface area is 164 Å². The molecule has 0 amide bonds. The lowest BCUT2D eigenvalue weighted by molar-refractivity contribution is -0.142. The summed E-state index contributed by atoms with van der Waals surface area (Å²) >= 11 is 0. The van der Waals surface area contributed by atoms with Crippen LogP contribution in [0.5, 0.6) is 11.5 Å². The summed E-state index contributed by atoms with van der Waals surface area (Å²) in [6, 6.07) is 16.4. The predicted molar refractivity (Wildman–Crippen MR) is 103 cm³/mol. The summed E-state index contributed by atoms with van der Waals surface area (Å²) in [6.07, 6.45) is 1.78. The molecule has 0 radical (unpaired) electrons. The summed E-state index contributed by atoms with van der Waals surface area (Å²) in [5, 5.41) is 4.95. The maximum atomic E-state index is 12.8. The molecule has 150 valence electrons. The molecular weight excluding hydrogens is 382 g/mol. The van der Waals surface area contributed by atoms with E-state index in [9.17, 15) is 13.2 Å². The number of hydrogen-bond acceptors (Lipinski definition) is 6. The zero-order chi connectivity index (χ0) is 20.2. The van der Waals surface area contributed by atoms with Crippen molar-refractivity contribution in [1.29, 1.82) is 0 Å². The van der Waals surface area contributed by atoms with E-state index in [1.807, 2.05) is 30.3 Å². The van der Waals surface area contributed by atoms with E-state index >= 15 is 0 Å². The van der Waals surface area contributed by atoms with Crippen molar-refractivity contribution in [3.8, 4) is 11.5 Å². The molecule has 3 rings (SSSR count). The Balaban J connectivity index is 1.85. The van der Waals surface area contributed by atoms with Crippen LogP contribution in [0.15, 0.2) is 54.6 Å². The molecule has 0 unspecified atom stereocenters. The lowest BCUT2D eigenvalue weighted by atomic mass is 9.68. The van der Waals surface area contributed by atoms with Gasteiger partial charge in [0, 0.05) is 0 Å². The standard InChI is InChI=1S/C20H23NO6S/c1-25-18-9-5-6-15(14-18)20(19(22)27-28(21,23)24)12-10-17(11-13-20)26-16-7-3-2-4-8-16/h2-9,14,17H,10-13H2,1H3,(H2,21,23,24). The van der Waals surface area contributed by atoms with Crippen LogP contribution in [0, 0.1) is 0 Å². The highest BCUT2D eigenvalue weighted by Crippen LogP contribution is 2.42. The summed E-state index contributed by atoms with van der Waals surface area (Å²) < 4.78 is 38.6. The number of benzene rings is 2. The molecule has 2 N–H and O–H groups in total. The van der Waals surface area contributed by atoms with E-state index in [0.717, 1.165) is 5.75 Å². The lowest BCUT2D eigenvalue weighted by Crippen LogP contribution is -2.44. The number of rotatable bonds is 6. The number of carbonyl (C=O) groups is 1. The van der Waals surface area contributed by atoms with Gasteiger partial charge in [-0.05, 0) is 55.5 Å². The molecule has 1 aliphatic carbocycles. The van der Waals surface area contributed by atoms with Gasteiger partial charge in [-0.2, -0.15) is 13.6 Å². The Morgan fingerprint density at radius 1 is 1.04 bits per heavy atom. The Kier molecular flexibility index (Phi) is 5.90. The lowest BCUT2D eigenvalue weighted by Gasteiger charge is -2.38. The Morgan fingerprint density at radius 2 is 1.68 bits per heavy atom. The first-order valence-electron chi connectivity index (χ1n) is 8.95. The van der Waals surface area contributed by atoms with Crippen LogP contribution < -0.4 is 14.6 Å². The van der Waals surface area contributed by atoms with Gasteiger partial charge >= 0.3 is 16.3 Å². The molecule has 0 bridgehead atoms. The number of ether oxygens (including phenoxy) is 2. The monoisotopic (exact) mass is 405 g/mol. The average Bonchev–Trinajstić information content (AvgIpc) is 2.68. The molecule has 28 heavy (non-hydrogen) atoms. The van der Waals surface area contributed by atoms with E-state index in [1.165, 1.54) is 7.11 Å². The van der Waals surface area contributed by atoms with E-state index in [2.05, 4.69) is 4.18 Å². The first-order valence-corrected chi connectivity index (χ1v) is 10.4. The van der Waals surface area contributed by atoms with Crippen molar-refractivity contribution < 1.29 is 26.9 Å². The fraction of sp³-hybridized carbons (Fsp3) is 0.350. The molecule has 1 saturated carbocycles. The quantitative estimate of drug-likeness (QED) is 0.792. The van der Waals surface area contributed by atoms with E-state index < -0.39 is 21.7 Å². The number of hydrogen-bond donors (Lipinski definition) is 1. The predicted octanol–water partition coefficient (Wildman–Crippen LogP) is 2.70. The normalized spacial score (nSPS) is 22.3. The Morgan fingerprint density at radius 3 is 2.29 bits per heavy atom. The van der Waals surface area contributed by atoms with Crippen molar-refractivity contribution in [1.82, 2.24) is 0 Å².